The Morgan fingerprint density at radius 1 is 0.931 bits per heavy atom. The van der Waals surface area contributed by atoms with E-state index >= 15 is 0 Å². The lowest BCUT2D eigenvalue weighted by atomic mass is 10.1. The fraction of sp³-hybridized carbons (Fsp3) is 0. The Balaban J connectivity index is 0.00000420. The molecule has 0 bridgehead atoms. The third kappa shape index (κ3) is 6.63. The lowest BCUT2D eigenvalue weighted by molar-refractivity contribution is -0.111. The fourth-order valence-electron chi connectivity index (χ4n) is 2.00. The highest BCUT2D eigenvalue weighted by Gasteiger charge is 2.12. The molecule has 3 N–H and O–H groups in total. The molecule has 0 aliphatic heterocycles. The molecule has 144 valence electrons. The molecule has 0 radical (unpaired) electrons. The van der Waals surface area contributed by atoms with Gasteiger partial charge in [0.2, 0.25) is 11.8 Å². The molecule has 2 aromatic rings. The summed E-state index contributed by atoms with van der Waals surface area (Å²) >= 11 is 0. The zero-order chi connectivity index (χ0) is 20.5. The smallest absolute Gasteiger partial charge is 0.300 e. The molecule has 0 fully saturated rings. The number of hydrogen-bond donors (Lipinski definition) is 2. The lowest BCUT2D eigenvalue weighted by Gasteiger charge is -2.06. The number of hydrogen-bond acceptors (Lipinski definition) is 4. The summed E-state index contributed by atoms with van der Waals surface area (Å²) in [5.41, 5.74) is 23.1. The topological polar surface area (TPSA) is 187 Å². The minimum atomic E-state index is -0.985. The maximum Gasteiger partial charge on any atom is 0.300 e. The number of nitrogens with one attached hydrogen (secondary N) is 1. The van der Waals surface area contributed by atoms with E-state index in [1.165, 1.54) is 12.1 Å². The first-order chi connectivity index (χ1) is 13.4. The van der Waals surface area contributed by atoms with Crippen LogP contribution in [-0.4, -0.2) is 17.7 Å². The third-order valence-electron chi connectivity index (χ3n) is 3.19. The molecule has 12 heteroatoms. The third-order valence-corrected chi connectivity index (χ3v) is 3.19. The van der Waals surface area contributed by atoms with Gasteiger partial charge in [0.1, 0.15) is 0 Å². The molecular formula is C17H11ClN8O3. The average Bonchev–Trinajstić information content (AvgIpc) is 2.67. The molecule has 2 aromatic carbocycles. The predicted molar refractivity (Wildman–Crippen MR) is 107 cm³/mol. The van der Waals surface area contributed by atoms with Gasteiger partial charge in [0.05, 0.1) is 0 Å². The number of nitrogens with zero attached hydrogens (tertiary/aromatic N) is 6. The first-order valence-electron chi connectivity index (χ1n) is 7.45. The minimum Gasteiger partial charge on any atom is -0.399 e. The summed E-state index contributed by atoms with van der Waals surface area (Å²) in [6.45, 7) is 0. The number of nitrogens with two attached hydrogens (primary N) is 1. The van der Waals surface area contributed by atoms with E-state index in [4.69, 9.17) is 16.8 Å². The number of carbonyl (C=O) groups excluding carboxylic acids is 3. The van der Waals surface area contributed by atoms with Gasteiger partial charge in [0, 0.05) is 43.8 Å². The van der Waals surface area contributed by atoms with Gasteiger partial charge in [-0.1, -0.05) is 5.92 Å². The van der Waals surface area contributed by atoms with Crippen LogP contribution in [0.2, 0.25) is 0 Å². The van der Waals surface area contributed by atoms with Gasteiger partial charge in [-0.15, -0.1) is 12.4 Å². The normalized spacial score (nSPS) is 8.69. The summed E-state index contributed by atoms with van der Waals surface area (Å²) in [5.74, 6) is 2.26. The monoisotopic (exact) mass is 410 g/mol. The van der Waals surface area contributed by atoms with Crippen LogP contribution in [-0.2, 0) is 4.79 Å². The van der Waals surface area contributed by atoms with Gasteiger partial charge in [-0.05, 0) is 63.8 Å². The fourth-order valence-corrected chi connectivity index (χ4v) is 2.00. The van der Waals surface area contributed by atoms with Crippen LogP contribution in [0.25, 0.3) is 20.9 Å². The van der Waals surface area contributed by atoms with Crippen molar-refractivity contribution < 1.29 is 14.4 Å². The summed E-state index contributed by atoms with van der Waals surface area (Å²) in [5, 5.41) is 8.23. The Labute approximate surface area is 169 Å². The number of benzene rings is 2. The van der Waals surface area contributed by atoms with Gasteiger partial charge in [-0.2, -0.15) is 0 Å². The van der Waals surface area contributed by atoms with Gasteiger partial charge in [-0.3, -0.25) is 14.4 Å². The summed E-state index contributed by atoms with van der Waals surface area (Å²) < 4.78 is 0. The molecule has 3 amide bonds. The van der Waals surface area contributed by atoms with Gasteiger partial charge in [0.15, 0.2) is 0 Å². The van der Waals surface area contributed by atoms with Crippen molar-refractivity contribution in [1.29, 1.82) is 0 Å². The summed E-state index contributed by atoms with van der Waals surface area (Å²) in [6, 6.07) is 9.96. The van der Waals surface area contributed by atoms with Crippen molar-refractivity contribution in [2.24, 2.45) is 10.2 Å². The summed E-state index contributed by atoms with van der Waals surface area (Å²) in [7, 11) is 0. The maximum absolute atomic E-state index is 12.0. The highest BCUT2D eigenvalue weighted by molar-refractivity contribution is 6.07. The molecule has 0 heterocycles. The molecule has 2 rings (SSSR count). The van der Waals surface area contributed by atoms with Gasteiger partial charge < -0.3 is 11.1 Å². The van der Waals surface area contributed by atoms with Crippen LogP contribution in [0.1, 0.15) is 26.3 Å². The van der Waals surface area contributed by atoms with Crippen molar-refractivity contribution in [3.63, 3.8) is 0 Å². The van der Waals surface area contributed by atoms with Crippen LogP contribution in [0.3, 0.4) is 0 Å². The molecule has 0 unspecified atom stereocenters. The van der Waals surface area contributed by atoms with Gasteiger partial charge in [-0.25, -0.2) is 0 Å². The predicted octanol–water partition coefficient (Wildman–Crippen LogP) is 3.58. The van der Waals surface area contributed by atoms with E-state index in [9.17, 15) is 14.4 Å². The molecule has 0 atom stereocenters. The van der Waals surface area contributed by atoms with E-state index in [1.807, 2.05) is 0 Å². The molecule has 0 aliphatic carbocycles. The first-order valence-corrected chi connectivity index (χ1v) is 7.45. The second-order valence-electron chi connectivity index (χ2n) is 5.11. The van der Waals surface area contributed by atoms with E-state index < -0.39 is 17.7 Å². The SMILES string of the molecule is Cl.[N-]=[N+]=NC(=O)c1cc(NC(=O)C#Cc2ccc(N)cc2)cc(C(=O)N=[N+]=[N-])c1. The van der Waals surface area contributed by atoms with E-state index in [2.05, 4.69) is 37.2 Å². The number of halogens is 1. The Kier molecular flexibility index (Phi) is 8.26. The quantitative estimate of drug-likeness (QED) is 0.257. The molecule has 0 aromatic heterocycles. The van der Waals surface area contributed by atoms with Crippen LogP contribution < -0.4 is 11.1 Å². The summed E-state index contributed by atoms with van der Waals surface area (Å²) in [6.07, 6.45) is 0. The molecule has 0 aliphatic rings. The van der Waals surface area contributed by atoms with Gasteiger partial charge >= 0.3 is 5.91 Å². The van der Waals surface area contributed by atoms with Crippen LogP contribution in [0, 0.1) is 11.8 Å². The van der Waals surface area contributed by atoms with E-state index in [-0.39, 0.29) is 29.2 Å². The van der Waals surface area contributed by atoms with Crippen LogP contribution in [0.15, 0.2) is 52.7 Å². The summed E-state index contributed by atoms with van der Waals surface area (Å²) in [4.78, 5) is 40.3. The van der Waals surface area contributed by atoms with E-state index in [0.29, 0.717) is 11.3 Å². The Morgan fingerprint density at radius 3 is 1.93 bits per heavy atom. The number of carbonyl (C=O) groups is 3. The number of anilines is 2. The van der Waals surface area contributed by atoms with Crippen molar-refractivity contribution >= 4 is 41.5 Å². The molecule has 0 saturated carbocycles. The first kappa shape index (κ1) is 22.6. The number of amides is 3. The van der Waals surface area contributed by atoms with Crippen molar-refractivity contribution in [1.82, 2.24) is 0 Å². The molecule has 0 spiro atoms. The molecular weight excluding hydrogens is 400 g/mol. The molecule has 11 nitrogen and oxygen atoms in total. The molecule has 0 saturated heterocycles. The van der Waals surface area contributed by atoms with Crippen molar-refractivity contribution in [2.45, 2.75) is 0 Å². The number of nitrogen functional groups attached to an aromatic ring is 1. The van der Waals surface area contributed by atoms with Gasteiger partial charge in [0.25, 0.3) is 0 Å². The molecule has 29 heavy (non-hydrogen) atoms. The highest BCUT2D eigenvalue weighted by Crippen LogP contribution is 2.17. The number of azide groups is 2. The largest absolute Gasteiger partial charge is 0.399 e. The Bertz CT molecular complexity index is 1070. The average molecular weight is 411 g/mol. The standard InChI is InChI=1S/C17H10N8O3.ClH/c18-13-4-1-10(2-5-13)3-6-15(26)21-14-8-11(16(27)22-24-19)7-12(9-14)17(28)23-25-20;/h1-2,4-5,7-9H,18H2,(H,21,26);1H. The van der Waals surface area contributed by atoms with Crippen LogP contribution >= 0.6 is 12.4 Å². The number of rotatable bonds is 3. The minimum absolute atomic E-state index is 0. The lowest BCUT2D eigenvalue weighted by Crippen LogP contribution is -2.10. The van der Waals surface area contributed by atoms with Crippen molar-refractivity contribution in [2.75, 3.05) is 11.1 Å². The van der Waals surface area contributed by atoms with Crippen LogP contribution in [0.4, 0.5) is 11.4 Å². The zero-order valence-corrected chi connectivity index (χ0v) is 15.3. The second-order valence-corrected chi connectivity index (χ2v) is 5.11. The second kappa shape index (κ2) is 10.6. The van der Waals surface area contributed by atoms with E-state index in [1.54, 1.807) is 24.3 Å². The Hall–Kier alpha value is -4.48. The maximum atomic E-state index is 12.0. The van der Waals surface area contributed by atoms with Crippen molar-refractivity contribution in [3.8, 4) is 11.8 Å². The Morgan fingerprint density at radius 2 is 1.45 bits per heavy atom. The highest BCUT2D eigenvalue weighted by atomic mass is 35.5. The van der Waals surface area contributed by atoms with E-state index in [0.717, 1.165) is 6.07 Å². The van der Waals surface area contributed by atoms with Crippen LogP contribution in [0.5, 0.6) is 0 Å². The zero-order valence-electron chi connectivity index (χ0n) is 14.4. The van der Waals surface area contributed by atoms with Crippen molar-refractivity contribution in [3.05, 3.63) is 80.0 Å².